The van der Waals surface area contributed by atoms with Gasteiger partial charge in [-0.1, -0.05) is 12.2 Å². The molecule has 6 nitrogen and oxygen atoms in total. The van der Waals surface area contributed by atoms with E-state index >= 15 is 0 Å². The van der Waals surface area contributed by atoms with Gasteiger partial charge in [0.15, 0.2) is 11.6 Å². The summed E-state index contributed by atoms with van der Waals surface area (Å²) in [5.41, 5.74) is 0.347. The molecule has 19 heavy (non-hydrogen) atoms. The second-order valence-corrected chi connectivity index (χ2v) is 4.01. The normalized spacial score (nSPS) is 21.4. The van der Waals surface area contributed by atoms with Crippen LogP contribution in [0.1, 0.15) is 5.76 Å². The lowest BCUT2D eigenvalue weighted by Gasteiger charge is -2.20. The molecule has 0 spiro atoms. The Balaban J connectivity index is 2.04. The van der Waals surface area contributed by atoms with Gasteiger partial charge in [-0.3, -0.25) is 4.79 Å². The average Bonchev–Trinajstić information content (AvgIpc) is 2.91. The van der Waals surface area contributed by atoms with Crippen molar-refractivity contribution in [3.8, 4) is 0 Å². The molecule has 0 saturated heterocycles. The molecule has 1 N–H and O–H groups in total. The number of carbonyl (C=O) groups is 2. The third-order valence-corrected chi connectivity index (χ3v) is 2.84. The summed E-state index contributed by atoms with van der Waals surface area (Å²) in [6.07, 6.45) is 6.00. The maximum Gasteiger partial charge on any atom is 0.332 e. The average molecular weight is 256 g/mol. The number of hydrogen-bond acceptors (Lipinski definition) is 4. The number of aliphatic imine (C=N–C) groups is 2. The number of nitrogens with zero attached hydrogens (tertiary/aromatic N) is 2. The summed E-state index contributed by atoms with van der Waals surface area (Å²) < 4.78 is 5.13. The van der Waals surface area contributed by atoms with Gasteiger partial charge in [-0.25, -0.2) is 9.79 Å². The van der Waals surface area contributed by atoms with E-state index < -0.39 is 17.8 Å². The van der Waals surface area contributed by atoms with Crippen molar-refractivity contribution in [2.45, 2.75) is 0 Å². The van der Waals surface area contributed by atoms with E-state index in [0.29, 0.717) is 11.5 Å². The number of allylic oxidation sites excluding steroid dienone is 3. The predicted octanol–water partition coefficient (Wildman–Crippen LogP) is 1.20. The first-order valence-corrected chi connectivity index (χ1v) is 5.53. The van der Waals surface area contributed by atoms with E-state index in [1.165, 1.54) is 12.3 Å². The van der Waals surface area contributed by atoms with Crippen LogP contribution >= 0.6 is 0 Å². The minimum atomic E-state index is -1.15. The number of hydrogen-bond donors (Lipinski definition) is 1. The maximum atomic E-state index is 12.0. The van der Waals surface area contributed by atoms with E-state index in [1.54, 1.807) is 24.3 Å². The Bertz CT molecular complexity index is 678. The third-order valence-electron chi connectivity index (χ3n) is 2.84. The number of carbonyl (C=O) groups excluding carboxylic acids is 1. The van der Waals surface area contributed by atoms with Crippen molar-refractivity contribution in [1.82, 2.24) is 0 Å². The summed E-state index contributed by atoms with van der Waals surface area (Å²) in [5, 5.41) is 9.07. The highest BCUT2D eigenvalue weighted by Gasteiger charge is 2.36. The standard InChI is InChI=1S/C13H8N2O4/c16-12-10-7(13(17)18)3-1-4-8(10)14-11(15-12)9-5-2-6-19-9/h1-6,10H,(H,17,18). The Morgan fingerprint density at radius 2 is 2.21 bits per heavy atom. The number of rotatable bonds is 2. The molecule has 0 aromatic carbocycles. The molecule has 0 bridgehead atoms. The van der Waals surface area contributed by atoms with Gasteiger partial charge in [0.1, 0.15) is 5.92 Å². The van der Waals surface area contributed by atoms with Gasteiger partial charge in [0.05, 0.1) is 17.5 Å². The number of fused-ring (bicyclic) bond motifs is 1. The Labute approximate surface area is 107 Å². The number of furan rings is 1. The molecule has 1 aromatic heterocycles. The van der Waals surface area contributed by atoms with Gasteiger partial charge in [-0.15, -0.1) is 0 Å². The van der Waals surface area contributed by atoms with Crippen molar-refractivity contribution in [3.63, 3.8) is 0 Å². The molecular weight excluding hydrogens is 248 g/mol. The molecule has 0 fully saturated rings. The fraction of sp³-hybridized carbons (Fsp3) is 0.0769. The van der Waals surface area contributed by atoms with Crippen molar-refractivity contribution in [2.75, 3.05) is 0 Å². The second kappa shape index (κ2) is 4.16. The quantitative estimate of drug-likeness (QED) is 0.860. The monoisotopic (exact) mass is 256 g/mol. The van der Waals surface area contributed by atoms with Gasteiger partial charge in [0, 0.05) is 0 Å². The van der Waals surface area contributed by atoms with E-state index in [2.05, 4.69) is 9.98 Å². The fourth-order valence-electron chi connectivity index (χ4n) is 1.99. The zero-order valence-corrected chi connectivity index (χ0v) is 9.61. The minimum Gasteiger partial charge on any atom is -0.478 e. The Morgan fingerprint density at radius 1 is 1.37 bits per heavy atom. The van der Waals surface area contributed by atoms with Crippen LogP contribution in [0.2, 0.25) is 0 Å². The topological polar surface area (TPSA) is 92.2 Å². The van der Waals surface area contributed by atoms with E-state index in [0.717, 1.165) is 0 Å². The van der Waals surface area contributed by atoms with Crippen LogP contribution in [-0.4, -0.2) is 28.5 Å². The zero-order chi connectivity index (χ0) is 13.4. The molecule has 0 saturated carbocycles. The van der Waals surface area contributed by atoms with Crippen LogP contribution in [0.15, 0.2) is 56.6 Å². The SMILES string of the molecule is O=C(O)C1=CC=CC2=NC(c3ccco3)=NC(=O)C12. The first-order chi connectivity index (χ1) is 9.16. The summed E-state index contributed by atoms with van der Waals surface area (Å²) in [6, 6.07) is 3.30. The molecule has 2 aliphatic rings. The van der Waals surface area contributed by atoms with Crippen molar-refractivity contribution in [1.29, 1.82) is 0 Å². The Kier molecular flexibility index (Phi) is 2.49. The highest BCUT2D eigenvalue weighted by atomic mass is 16.4. The predicted molar refractivity (Wildman–Crippen MR) is 66.0 cm³/mol. The van der Waals surface area contributed by atoms with Crippen molar-refractivity contribution < 1.29 is 19.1 Å². The van der Waals surface area contributed by atoms with E-state index in [-0.39, 0.29) is 11.4 Å². The summed E-state index contributed by atoms with van der Waals surface area (Å²) >= 11 is 0. The molecule has 1 amide bonds. The largest absolute Gasteiger partial charge is 0.478 e. The molecule has 1 aromatic rings. The highest BCUT2D eigenvalue weighted by molar-refractivity contribution is 6.26. The second-order valence-electron chi connectivity index (χ2n) is 4.01. The lowest BCUT2D eigenvalue weighted by atomic mass is 9.88. The van der Waals surface area contributed by atoms with Gasteiger partial charge in [-0.05, 0) is 18.2 Å². The molecule has 1 aliphatic heterocycles. The lowest BCUT2D eigenvalue weighted by Crippen LogP contribution is -2.33. The molecule has 3 rings (SSSR count). The Morgan fingerprint density at radius 3 is 2.89 bits per heavy atom. The van der Waals surface area contributed by atoms with E-state index in [4.69, 9.17) is 9.52 Å². The molecule has 1 atom stereocenters. The Hall–Kier alpha value is -2.76. The highest BCUT2D eigenvalue weighted by Crippen LogP contribution is 2.25. The van der Waals surface area contributed by atoms with Gasteiger partial charge >= 0.3 is 5.97 Å². The summed E-state index contributed by atoms with van der Waals surface area (Å²) in [5.74, 6) is -2.08. The van der Waals surface area contributed by atoms with Gasteiger partial charge in [0.2, 0.25) is 0 Å². The summed E-state index contributed by atoms with van der Waals surface area (Å²) in [4.78, 5) is 31.1. The van der Waals surface area contributed by atoms with Crippen LogP contribution in [0.25, 0.3) is 0 Å². The summed E-state index contributed by atoms with van der Waals surface area (Å²) in [6.45, 7) is 0. The van der Waals surface area contributed by atoms with Crippen molar-refractivity contribution >= 4 is 23.4 Å². The van der Waals surface area contributed by atoms with Crippen LogP contribution in [-0.2, 0) is 9.59 Å². The van der Waals surface area contributed by atoms with Crippen LogP contribution in [0.4, 0.5) is 0 Å². The summed E-state index contributed by atoms with van der Waals surface area (Å²) in [7, 11) is 0. The molecule has 1 unspecified atom stereocenters. The zero-order valence-electron chi connectivity index (χ0n) is 9.61. The molecule has 94 valence electrons. The fourth-order valence-corrected chi connectivity index (χ4v) is 1.99. The van der Waals surface area contributed by atoms with Gasteiger partial charge in [-0.2, -0.15) is 4.99 Å². The van der Waals surface area contributed by atoms with Crippen LogP contribution < -0.4 is 0 Å². The molecule has 1 aliphatic carbocycles. The van der Waals surface area contributed by atoms with Gasteiger partial charge in [0.25, 0.3) is 5.91 Å². The van der Waals surface area contributed by atoms with E-state index in [1.807, 2.05) is 0 Å². The molecule has 2 heterocycles. The van der Waals surface area contributed by atoms with Gasteiger partial charge < -0.3 is 9.52 Å². The van der Waals surface area contributed by atoms with Crippen LogP contribution in [0, 0.1) is 5.92 Å². The van der Waals surface area contributed by atoms with E-state index in [9.17, 15) is 9.59 Å². The lowest BCUT2D eigenvalue weighted by molar-refractivity contribution is -0.134. The number of amidine groups is 1. The minimum absolute atomic E-state index is 0.0199. The maximum absolute atomic E-state index is 12.0. The number of amides is 1. The van der Waals surface area contributed by atoms with Crippen molar-refractivity contribution in [2.24, 2.45) is 15.9 Å². The molecular formula is C13H8N2O4. The number of aliphatic carboxylic acids is 1. The first-order valence-electron chi connectivity index (χ1n) is 5.53. The molecule has 0 radical (unpaired) electrons. The van der Waals surface area contributed by atoms with Crippen LogP contribution in [0.5, 0.6) is 0 Å². The van der Waals surface area contributed by atoms with Crippen molar-refractivity contribution in [3.05, 3.63) is 48.0 Å². The number of carboxylic acid groups (broad SMARTS) is 1. The van der Waals surface area contributed by atoms with Crippen LogP contribution in [0.3, 0.4) is 0 Å². The smallest absolute Gasteiger partial charge is 0.332 e. The third kappa shape index (κ3) is 1.83. The first kappa shape index (κ1) is 11.3. The molecule has 6 heteroatoms. The number of carboxylic acids is 1.